The molecule has 0 saturated carbocycles. The molecule has 0 fully saturated rings. The van der Waals surface area contributed by atoms with Gasteiger partial charge in [-0.15, -0.1) is 0 Å². The predicted octanol–water partition coefficient (Wildman–Crippen LogP) is 3.47. The summed E-state index contributed by atoms with van der Waals surface area (Å²) in [5.74, 6) is 1.09. The molecule has 0 radical (unpaired) electrons. The van der Waals surface area contributed by atoms with Crippen LogP contribution in [0.25, 0.3) is 11.0 Å². The molecule has 2 rings (SSSR count). The van der Waals surface area contributed by atoms with E-state index in [2.05, 4.69) is 28.1 Å². The highest BCUT2D eigenvalue weighted by atomic mass is 32.2. The third-order valence-corrected chi connectivity index (χ3v) is 4.80. The van der Waals surface area contributed by atoms with Crippen molar-refractivity contribution < 1.29 is 8.42 Å². The number of nitrogens with zero attached hydrogens (tertiary/aromatic N) is 2. The highest BCUT2D eigenvalue weighted by Crippen LogP contribution is 2.24. The van der Waals surface area contributed by atoms with Crippen molar-refractivity contribution in [1.29, 1.82) is 0 Å². The van der Waals surface area contributed by atoms with Crippen molar-refractivity contribution in [1.82, 2.24) is 9.55 Å². The molecular formula is C15H23N3O2S. The van der Waals surface area contributed by atoms with Crippen LogP contribution in [0.1, 0.15) is 45.5 Å². The Bertz CT molecular complexity index is 733. The van der Waals surface area contributed by atoms with E-state index in [1.165, 1.54) is 0 Å². The number of unbranched alkanes of at least 4 members (excludes halogenated alkanes) is 1. The Balaban J connectivity index is 2.32. The number of aryl methyl sites for hydroxylation is 1. The van der Waals surface area contributed by atoms with Crippen molar-refractivity contribution in [2.75, 3.05) is 10.5 Å². The van der Waals surface area contributed by atoms with Crippen molar-refractivity contribution in [3.63, 3.8) is 0 Å². The summed E-state index contributed by atoms with van der Waals surface area (Å²) >= 11 is 0. The number of aromatic nitrogens is 2. The highest BCUT2D eigenvalue weighted by molar-refractivity contribution is 7.92. The summed E-state index contributed by atoms with van der Waals surface area (Å²) in [6, 6.07) is 5.84. The first kappa shape index (κ1) is 15.8. The average Bonchev–Trinajstić information content (AvgIpc) is 2.71. The van der Waals surface area contributed by atoms with E-state index < -0.39 is 10.0 Å². The minimum absolute atomic E-state index is 0.154. The van der Waals surface area contributed by atoms with Crippen LogP contribution in [0, 0.1) is 6.92 Å². The monoisotopic (exact) mass is 309 g/mol. The number of sulfonamides is 1. The second kappa shape index (κ2) is 6.05. The van der Waals surface area contributed by atoms with Crippen LogP contribution in [-0.2, 0) is 10.0 Å². The maximum Gasteiger partial charge on any atom is 0.232 e. The fourth-order valence-corrected chi connectivity index (χ4v) is 3.76. The van der Waals surface area contributed by atoms with E-state index in [0.717, 1.165) is 23.3 Å². The summed E-state index contributed by atoms with van der Waals surface area (Å²) in [6.45, 7) is 8.15. The van der Waals surface area contributed by atoms with Crippen molar-refractivity contribution >= 4 is 26.7 Å². The average molecular weight is 309 g/mol. The minimum atomic E-state index is -3.27. The van der Waals surface area contributed by atoms with Crippen molar-refractivity contribution in [2.24, 2.45) is 0 Å². The molecule has 1 heterocycles. The Morgan fingerprint density at radius 1 is 1.33 bits per heavy atom. The number of fused-ring (bicyclic) bond motifs is 1. The molecular weight excluding hydrogens is 286 g/mol. The number of anilines is 1. The summed E-state index contributed by atoms with van der Waals surface area (Å²) in [7, 11) is -3.27. The number of benzene rings is 1. The summed E-state index contributed by atoms with van der Waals surface area (Å²) < 4.78 is 28.6. The fourth-order valence-electron chi connectivity index (χ4n) is 2.50. The summed E-state index contributed by atoms with van der Waals surface area (Å²) in [5, 5.41) is 0. The number of hydrogen-bond acceptors (Lipinski definition) is 3. The molecule has 0 spiro atoms. The van der Waals surface area contributed by atoms with Gasteiger partial charge in [0.15, 0.2) is 0 Å². The molecule has 0 saturated heterocycles. The summed E-state index contributed by atoms with van der Waals surface area (Å²) in [5.41, 5.74) is 2.42. The van der Waals surface area contributed by atoms with Crippen LogP contribution in [-0.4, -0.2) is 23.7 Å². The van der Waals surface area contributed by atoms with E-state index in [-0.39, 0.29) is 5.75 Å². The first-order valence-corrected chi connectivity index (χ1v) is 8.98. The number of imidazole rings is 1. The molecule has 1 aromatic heterocycles. The first-order valence-electron chi connectivity index (χ1n) is 7.33. The molecule has 2 aromatic rings. The number of hydrogen-bond donors (Lipinski definition) is 1. The number of nitrogens with one attached hydrogen (secondary N) is 1. The molecule has 0 amide bonds. The molecule has 5 nitrogen and oxygen atoms in total. The maximum absolute atomic E-state index is 11.9. The van der Waals surface area contributed by atoms with Gasteiger partial charge in [0, 0.05) is 6.04 Å². The van der Waals surface area contributed by atoms with E-state index in [1.54, 1.807) is 12.1 Å². The second-order valence-electron chi connectivity index (χ2n) is 5.60. The molecule has 0 atom stereocenters. The van der Waals surface area contributed by atoms with Gasteiger partial charge in [-0.3, -0.25) is 4.72 Å². The standard InChI is InChI=1S/C15H23N3O2S/c1-5-6-9-21(19,20)17-13-7-8-15-14(10-13)16-12(4)18(15)11(2)3/h7-8,10-11,17H,5-6,9H2,1-4H3. The van der Waals surface area contributed by atoms with Crippen LogP contribution >= 0.6 is 0 Å². The lowest BCUT2D eigenvalue weighted by Gasteiger charge is -2.11. The third-order valence-electron chi connectivity index (χ3n) is 3.42. The molecule has 1 aromatic carbocycles. The van der Waals surface area contributed by atoms with Crippen LogP contribution in [0.5, 0.6) is 0 Å². The molecule has 116 valence electrons. The van der Waals surface area contributed by atoms with Gasteiger partial charge >= 0.3 is 0 Å². The van der Waals surface area contributed by atoms with Gasteiger partial charge in [-0.1, -0.05) is 13.3 Å². The topological polar surface area (TPSA) is 64.0 Å². The van der Waals surface area contributed by atoms with Gasteiger partial charge in [-0.2, -0.15) is 0 Å². The Morgan fingerprint density at radius 2 is 2.05 bits per heavy atom. The first-order chi connectivity index (χ1) is 9.84. The Labute approximate surface area is 126 Å². The molecule has 0 aliphatic heterocycles. The number of rotatable bonds is 6. The lowest BCUT2D eigenvalue weighted by atomic mass is 10.2. The third kappa shape index (κ3) is 3.56. The molecule has 0 aliphatic rings. The van der Waals surface area contributed by atoms with E-state index >= 15 is 0 Å². The zero-order valence-electron chi connectivity index (χ0n) is 13.0. The summed E-state index contributed by atoms with van der Waals surface area (Å²) in [4.78, 5) is 4.52. The van der Waals surface area contributed by atoms with Gasteiger partial charge in [0.05, 0.1) is 22.5 Å². The molecule has 0 unspecified atom stereocenters. The minimum Gasteiger partial charge on any atom is -0.326 e. The van der Waals surface area contributed by atoms with Gasteiger partial charge in [0.1, 0.15) is 5.82 Å². The van der Waals surface area contributed by atoms with E-state index in [4.69, 9.17) is 0 Å². The van der Waals surface area contributed by atoms with Gasteiger partial charge in [-0.05, 0) is 45.4 Å². The Kier molecular flexibility index (Phi) is 4.56. The van der Waals surface area contributed by atoms with Crippen molar-refractivity contribution in [2.45, 2.75) is 46.6 Å². The van der Waals surface area contributed by atoms with Gasteiger partial charge in [-0.25, -0.2) is 13.4 Å². The van der Waals surface area contributed by atoms with E-state index in [1.807, 2.05) is 19.9 Å². The smallest absolute Gasteiger partial charge is 0.232 e. The largest absolute Gasteiger partial charge is 0.326 e. The van der Waals surface area contributed by atoms with E-state index in [0.29, 0.717) is 18.2 Å². The molecule has 6 heteroatoms. The van der Waals surface area contributed by atoms with Crippen molar-refractivity contribution in [3.8, 4) is 0 Å². The Morgan fingerprint density at radius 3 is 2.67 bits per heavy atom. The zero-order chi connectivity index (χ0) is 15.6. The summed E-state index contributed by atoms with van der Waals surface area (Å²) in [6.07, 6.45) is 1.52. The zero-order valence-corrected chi connectivity index (χ0v) is 13.9. The van der Waals surface area contributed by atoms with E-state index in [9.17, 15) is 8.42 Å². The van der Waals surface area contributed by atoms with Crippen LogP contribution in [0.15, 0.2) is 18.2 Å². The maximum atomic E-state index is 11.9. The van der Waals surface area contributed by atoms with Crippen LogP contribution in [0.3, 0.4) is 0 Å². The second-order valence-corrected chi connectivity index (χ2v) is 7.44. The lowest BCUT2D eigenvalue weighted by Crippen LogP contribution is -2.16. The molecule has 1 N–H and O–H groups in total. The highest BCUT2D eigenvalue weighted by Gasteiger charge is 2.13. The van der Waals surface area contributed by atoms with Crippen LogP contribution in [0.4, 0.5) is 5.69 Å². The Hall–Kier alpha value is -1.56. The SMILES string of the molecule is CCCCS(=O)(=O)Nc1ccc2c(c1)nc(C)n2C(C)C. The molecule has 0 aliphatic carbocycles. The van der Waals surface area contributed by atoms with Gasteiger partial charge < -0.3 is 4.57 Å². The van der Waals surface area contributed by atoms with Gasteiger partial charge in [0.25, 0.3) is 0 Å². The predicted molar refractivity (Wildman–Crippen MR) is 87.2 cm³/mol. The van der Waals surface area contributed by atoms with Gasteiger partial charge in [0.2, 0.25) is 10.0 Å². The lowest BCUT2D eigenvalue weighted by molar-refractivity contribution is 0.597. The molecule has 0 bridgehead atoms. The quantitative estimate of drug-likeness (QED) is 0.888. The van der Waals surface area contributed by atoms with Crippen LogP contribution < -0.4 is 4.72 Å². The molecule has 21 heavy (non-hydrogen) atoms. The normalized spacial score (nSPS) is 12.2. The van der Waals surface area contributed by atoms with Crippen LogP contribution in [0.2, 0.25) is 0 Å². The fraction of sp³-hybridized carbons (Fsp3) is 0.533. The van der Waals surface area contributed by atoms with Crippen molar-refractivity contribution in [3.05, 3.63) is 24.0 Å².